The van der Waals surface area contributed by atoms with Crippen LogP contribution in [0.5, 0.6) is 0 Å². The molecule has 212 valence electrons. The number of nitrogens with zero attached hydrogens (tertiary/aromatic N) is 3. The Bertz CT molecular complexity index is 1220. The summed E-state index contributed by atoms with van der Waals surface area (Å²) in [5.74, 6) is -1.36. The predicted octanol–water partition coefficient (Wildman–Crippen LogP) is 1.18. The zero-order valence-corrected chi connectivity index (χ0v) is 23.0. The summed E-state index contributed by atoms with van der Waals surface area (Å²) in [6.07, 6.45) is 17.7. The largest absolute Gasteiger partial charge is 0.370 e. The third kappa shape index (κ3) is 6.34. The Morgan fingerprint density at radius 2 is 1.90 bits per heavy atom. The van der Waals surface area contributed by atoms with Crippen molar-refractivity contribution in [1.82, 2.24) is 14.1 Å². The van der Waals surface area contributed by atoms with Gasteiger partial charge < -0.3 is 26.0 Å². The van der Waals surface area contributed by atoms with E-state index in [9.17, 15) is 18.0 Å². The summed E-state index contributed by atoms with van der Waals surface area (Å²) in [5, 5.41) is 6.95. The number of amides is 2. The van der Waals surface area contributed by atoms with Crippen LogP contribution in [-0.4, -0.2) is 84.6 Å². The van der Waals surface area contributed by atoms with Crippen molar-refractivity contribution < 1.29 is 22.7 Å². The number of fused-ring (bicyclic) bond motifs is 1. The van der Waals surface area contributed by atoms with Crippen molar-refractivity contribution in [3.05, 3.63) is 60.4 Å². The van der Waals surface area contributed by atoms with E-state index in [1.54, 1.807) is 28.2 Å². The number of carbonyl (C=O) groups excluding carboxylic acids is 2. The van der Waals surface area contributed by atoms with Gasteiger partial charge in [0.25, 0.3) is 0 Å². The first-order valence-electron chi connectivity index (χ1n) is 13.3. The van der Waals surface area contributed by atoms with E-state index in [4.69, 9.17) is 21.6 Å². The maximum atomic E-state index is 14.3. The molecule has 0 spiro atoms. The highest BCUT2D eigenvalue weighted by atomic mass is 32.2. The van der Waals surface area contributed by atoms with Gasteiger partial charge in [0.2, 0.25) is 21.8 Å². The molecule has 39 heavy (non-hydrogen) atoms. The molecule has 4 aliphatic rings. The Balaban J connectivity index is 1.73. The van der Waals surface area contributed by atoms with Gasteiger partial charge in [-0.15, -0.1) is 0 Å². The molecule has 1 saturated heterocycles. The lowest BCUT2D eigenvalue weighted by Crippen LogP contribution is -2.58. The average Bonchev–Trinajstić information content (AvgIpc) is 2.91. The molecule has 0 radical (unpaired) electrons. The topological polar surface area (TPSA) is 163 Å². The maximum Gasteiger partial charge on any atom is 0.227 e. The van der Waals surface area contributed by atoms with Gasteiger partial charge in [0, 0.05) is 38.6 Å². The van der Waals surface area contributed by atoms with Gasteiger partial charge in [0.05, 0.1) is 24.4 Å². The quantitative estimate of drug-likeness (QED) is 0.312. The Morgan fingerprint density at radius 1 is 1.13 bits per heavy atom. The first-order valence-corrected chi connectivity index (χ1v) is 14.8. The number of nitrogens with two attached hydrogens (primary N) is 2. The van der Waals surface area contributed by atoms with Crippen LogP contribution in [0.2, 0.25) is 0 Å². The summed E-state index contributed by atoms with van der Waals surface area (Å²) in [6.45, 7) is 0.827. The van der Waals surface area contributed by atoms with E-state index in [1.807, 2.05) is 30.4 Å². The summed E-state index contributed by atoms with van der Waals surface area (Å²) in [4.78, 5) is 27.9. The molecule has 2 aliphatic carbocycles. The summed E-state index contributed by atoms with van der Waals surface area (Å²) < 4.78 is 35.7. The summed E-state index contributed by atoms with van der Waals surface area (Å²) in [7, 11) is -2.43. The van der Waals surface area contributed by atoms with Gasteiger partial charge in [-0.1, -0.05) is 48.1 Å². The second-order valence-electron chi connectivity index (χ2n) is 10.3. The van der Waals surface area contributed by atoms with E-state index in [0.29, 0.717) is 19.4 Å². The fraction of sp³-hybridized carbons (Fsp3) is 0.519. The van der Waals surface area contributed by atoms with E-state index in [2.05, 4.69) is 6.08 Å². The second kappa shape index (κ2) is 12.3. The van der Waals surface area contributed by atoms with Crippen LogP contribution in [0.15, 0.2) is 60.4 Å². The SMILES string of the molecule is CN(C1CN(C(=N)N)CCO1)S(=O)(=O)C1CCC2CC=CC=C2C1C1\C=C/C=C\C=C/N1C(=O)CCC(N)=O. The monoisotopic (exact) mass is 558 g/mol. The first-order chi connectivity index (χ1) is 18.6. The van der Waals surface area contributed by atoms with E-state index in [0.717, 1.165) is 12.0 Å². The van der Waals surface area contributed by atoms with Crippen molar-refractivity contribution in [2.45, 2.75) is 49.6 Å². The van der Waals surface area contributed by atoms with Crippen molar-refractivity contribution in [1.29, 1.82) is 5.41 Å². The van der Waals surface area contributed by atoms with Crippen LogP contribution < -0.4 is 11.5 Å². The van der Waals surface area contributed by atoms with Gasteiger partial charge in [0.1, 0.15) is 6.23 Å². The molecule has 4 rings (SSSR count). The standard InChI is InChI=1S/C27H38N6O5S/c1-31(25-18-32(27(29)30)16-17-38-25)39(36,37)22-12-11-19-8-5-6-9-20(19)26(22)21-10-4-2-3-7-15-33(21)24(35)14-13-23(28)34/h2-7,9-10,15,19,21-22,25-26H,8,11-14,16-18H2,1H3,(H2,28,34)(H3,29,30)/b3-2-,10-4-,15-7-. The number of allylic oxidation sites excluding steroid dienone is 7. The summed E-state index contributed by atoms with van der Waals surface area (Å²) >= 11 is 0. The number of guanidine groups is 1. The molecule has 0 aromatic heterocycles. The minimum absolute atomic E-state index is 0.0725. The molecule has 0 bridgehead atoms. The third-order valence-corrected chi connectivity index (χ3v) is 10.3. The first kappa shape index (κ1) is 28.8. The van der Waals surface area contributed by atoms with Crippen LogP contribution in [0, 0.1) is 17.2 Å². The molecule has 11 nitrogen and oxygen atoms in total. The van der Waals surface area contributed by atoms with Crippen molar-refractivity contribution in [3.63, 3.8) is 0 Å². The number of hydrogen-bond donors (Lipinski definition) is 3. The Labute approximate surface area is 230 Å². The molecular formula is C27H38N6O5S. The van der Waals surface area contributed by atoms with Crippen molar-refractivity contribution in [2.75, 3.05) is 26.7 Å². The molecule has 0 aromatic rings. The number of ether oxygens (including phenoxy) is 1. The van der Waals surface area contributed by atoms with E-state index < -0.39 is 39.4 Å². The molecule has 2 heterocycles. The van der Waals surface area contributed by atoms with Gasteiger partial charge in [-0.25, -0.2) is 8.42 Å². The van der Waals surface area contributed by atoms with Crippen LogP contribution in [0.4, 0.5) is 0 Å². The highest BCUT2D eigenvalue weighted by Crippen LogP contribution is 2.45. The number of hydrogen-bond acceptors (Lipinski definition) is 6. The summed E-state index contributed by atoms with van der Waals surface area (Å²) in [5.41, 5.74) is 12.0. The fourth-order valence-corrected chi connectivity index (χ4v) is 7.87. The Morgan fingerprint density at radius 3 is 2.64 bits per heavy atom. The normalized spacial score (nSPS) is 31.4. The highest BCUT2D eigenvalue weighted by molar-refractivity contribution is 7.89. The molecule has 2 fully saturated rings. The molecule has 1 saturated carbocycles. The van der Waals surface area contributed by atoms with Gasteiger partial charge in [0.15, 0.2) is 5.96 Å². The van der Waals surface area contributed by atoms with Crippen LogP contribution in [-0.2, 0) is 24.3 Å². The number of likely N-dealkylation sites (N-methyl/N-ethyl adjacent to an activating group) is 1. The van der Waals surface area contributed by atoms with Crippen LogP contribution in [0.3, 0.4) is 0 Å². The number of rotatable bonds is 7. The molecular weight excluding hydrogens is 520 g/mol. The van der Waals surface area contributed by atoms with Gasteiger partial charge in [-0.2, -0.15) is 4.31 Å². The summed E-state index contributed by atoms with van der Waals surface area (Å²) in [6, 6.07) is -0.596. The maximum absolute atomic E-state index is 14.3. The molecule has 5 unspecified atom stereocenters. The molecule has 0 aromatic carbocycles. The fourth-order valence-electron chi connectivity index (χ4n) is 5.86. The van der Waals surface area contributed by atoms with Crippen molar-refractivity contribution in [3.8, 4) is 0 Å². The average molecular weight is 559 g/mol. The van der Waals surface area contributed by atoms with Crippen molar-refractivity contribution in [2.24, 2.45) is 23.3 Å². The second-order valence-corrected chi connectivity index (χ2v) is 12.5. The van der Waals surface area contributed by atoms with Crippen molar-refractivity contribution >= 4 is 27.8 Å². The van der Waals surface area contributed by atoms with Crippen LogP contribution in [0.25, 0.3) is 0 Å². The molecule has 2 amide bonds. The number of morpholine rings is 1. The number of sulfonamides is 1. The molecule has 5 N–H and O–H groups in total. The minimum Gasteiger partial charge on any atom is -0.370 e. The lowest BCUT2D eigenvalue weighted by atomic mass is 9.70. The van der Waals surface area contributed by atoms with Gasteiger partial charge in [-0.3, -0.25) is 15.0 Å². The van der Waals surface area contributed by atoms with Gasteiger partial charge in [-0.05, 0) is 31.3 Å². The predicted molar refractivity (Wildman–Crippen MR) is 148 cm³/mol. The Kier molecular flexibility index (Phi) is 9.08. The van der Waals surface area contributed by atoms with Crippen LogP contribution >= 0.6 is 0 Å². The molecule has 5 atom stereocenters. The lowest BCUT2D eigenvalue weighted by molar-refractivity contribution is -0.132. The molecule has 12 heteroatoms. The van der Waals surface area contributed by atoms with Crippen LogP contribution in [0.1, 0.15) is 32.1 Å². The highest BCUT2D eigenvalue weighted by Gasteiger charge is 2.49. The lowest BCUT2D eigenvalue weighted by Gasteiger charge is -2.47. The zero-order valence-electron chi connectivity index (χ0n) is 22.2. The van der Waals surface area contributed by atoms with E-state index in [1.165, 1.54) is 11.4 Å². The number of nitrogens with one attached hydrogen (secondary N) is 1. The number of primary amides is 1. The van der Waals surface area contributed by atoms with E-state index in [-0.39, 0.29) is 43.8 Å². The third-order valence-electron chi connectivity index (χ3n) is 7.93. The zero-order chi connectivity index (χ0) is 28.2. The Hall–Kier alpha value is -3.22. The van der Waals surface area contributed by atoms with E-state index >= 15 is 0 Å². The number of carbonyl (C=O) groups is 2. The smallest absolute Gasteiger partial charge is 0.227 e. The minimum atomic E-state index is -3.94. The molecule has 2 aliphatic heterocycles. The van der Waals surface area contributed by atoms with Gasteiger partial charge >= 0.3 is 0 Å².